The van der Waals surface area contributed by atoms with Gasteiger partial charge in [-0.2, -0.15) is 21.0 Å². The Labute approximate surface area is 141 Å². The Morgan fingerprint density at radius 2 is 0.800 bits per heavy atom. The summed E-state index contributed by atoms with van der Waals surface area (Å²) in [4.78, 5) is 0.769. The molecule has 0 bridgehead atoms. The molecule has 0 unspecified atom stereocenters. The number of halogens is 2. The molecule has 98 valence electrons. The van der Waals surface area contributed by atoms with E-state index in [-0.39, 0.29) is 19.6 Å². The molecule has 10 heteroatoms. The standard InChI is InChI=1S/C10Cl2N4S4/c11-9(17-5(1-13)6(2-14)18-9)10(12)19-7(3-15)8(4-16)20-10. The van der Waals surface area contributed by atoms with E-state index in [1.165, 1.54) is 0 Å². The van der Waals surface area contributed by atoms with Crippen LogP contribution in [0, 0.1) is 45.3 Å². The van der Waals surface area contributed by atoms with Crippen LogP contribution in [0.1, 0.15) is 0 Å². The molecular formula is C10Cl2N4S4. The molecule has 0 aromatic rings. The monoisotopic (exact) mass is 374 g/mol. The lowest BCUT2D eigenvalue weighted by Gasteiger charge is -2.32. The first-order chi connectivity index (χ1) is 9.43. The van der Waals surface area contributed by atoms with Crippen LogP contribution >= 0.6 is 70.2 Å². The second kappa shape index (κ2) is 5.66. The molecule has 0 aromatic carbocycles. The average molecular weight is 375 g/mol. The van der Waals surface area contributed by atoms with Crippen molar-refractivity contribution in [3.8, 4) is 24.3 Å². The lowest BCUT2D eigenvalue weighted by molar-refractivity contribution is 1.19. The number of alkyl halides is 2. The first kappa shape index (κ1) is 15.8. The van der Waals surface area contributed by atoms with Gasteiger partial charge in [-0.1, -0.05) is 70.2 Å². The molecule has 2 rings (SSSR count). The Morgan fingerprint density at radius 1 is 0.600 bits per heavy atom. The molecule has 2 aliphatic heterocycles. The summed E-state index contributed by atoms with van der Waals surface area (Å²) >= 11 is 16.8. The third-order valence-corrected chi connectivity index (χ3v) is 10.2. The van der Waals surface area contributed by atoms with Gasteiger partial charge in [-0.3, -0.25) is 0 Å². The number of thioether (sulfide) groups is 4. The van der Waals surface area contributed by atoms with Crippen LogP contribution in [0.25, 0.3) is 0 Å². The van der Waals surface area contributed by atoms with Crippen LogP contribution in [-0.2, 0) is 0 Å². The Balaban J connectivity index is 2.34. The van der Waals surface area contributed by atoms with E-state index in [1.807, 2.05) is 24.3 Å². The van der Waals surface area contributed by atoms with Crippen LogP contribution in [0.3, 0.4) is 0 Å². The Hall–Kier alpha value is -0.580. The molecule has 20 heavy (non-hydrogen) atoms. The molecule has 0 saturated heterocycles. The maximum atomic E-state index is 9.00. The minimum atomic E-state index is -1.25. The summed E-state index contributed by atoms with van der Waals surface area (Å²) in [6.07, 6.45) is 0. The van der Waals surface area contributed by atoms with Gasteiger partial charge in [0.2, 0.25) is 0 Å². The lowest BCUT2D eigenvalue weighted by atomic mass is 10.5. The van der Waals surface area contributed by atoms with Crippen molar-refractivity contribution in [2.45, 2.75) is 7.08 Å². The molecule has 0 N–H and O–H groups in total. The normalized spacial score (nSPS) is 22.9. The summed E-state index contributed by atoms with van der Waals surface area (Å²) in [5.41, 5.74) is 0. The maximum absolute atomic E-state index is 9.00. The molecule has 0 spiro atoms. The molecule has 4 nitrogen and oxygen atoms in total. The van der Waals surface area contributed by atoms with Gasteiger partial charge in [0.05, 0.1) is 0 Å². The average Bonchev–Trinajstić information content (AvgIpc) is 2.97. The Kier molecular flexibility index (Phi) is 4.47. The van der Waals surface area contributed by atoms with Crippen molar-refractivity contribution in [3.05, 3.63) is 19.6 Å². The number of allylic oxidation sites excluding steroid dienone is 4. The predicted octanol–water partition coefficient (Wildman–Crippen LogP) is 4.25. The first-order valence-corrected chi connectivity index (χ1v) is 8.68. The summed E-state index contributed by atoms with van der Waals surface area (Å²) in [5.74, 6) is 0. The molecule has 2 heterocycles. The van der Waals surface area contributed by atoms with E-state index in [4.69, 9.17) is 44.2 Å². The fourth-order valence-corrected chi connectivity index (χ4v) is 7.79. The minimum Gasteiger partial charge on any atom is -0.192 e. The number of hydrogen-bond donors (Lipinski definition) is 0. The molecule has 0 aliphatic carbocycles. The SMILES string of the molecule is N#CC1=C(C#N)SC(Cl)(C2(Cl)SC(C#N)=C(C#N)S2)S1. The van der Waals surface area contributed by atoms with E-state index in [9.17, 15) is 0 Å². The number of rotatable bonds is 1. The van der Waals surface area contributed by atoms with Crippen molar-refractivity contribution in [1.82, 2.24) is 0 Å². The Morgan fingerprint density at radius 3 is 0.950 bits per heavy atom. The first-order valence-electron chi connectivity index (χ1n) is 4.66. The van der Waals surface area contributed by atoms with Gasteiger partial charge in [0.1, 0.15) is 43.9 Å². The topological polar surface area (TPSA) is 95.2 Å². The zero-order valence-electron chi connectivity index (χ0n) is 9.18. The van der Waals surface area contributed by atoms with Crippen molar-refractivity contribution in [3.63, 3.8) is 0 Å². The summed E-state index contributed by atoms with van der Waals surface area (Å²) in [6, 6.07) is 7.62. The van der Waals surface area contributed by atoms with Crippen molar-refractivity contribution < 1.29 is 0 Å². The van der Waals surface area contributed by atoms with Gasteiger partial charge in [-0.15, -0.1) is 0 Å². The molecular weight excluding hydrogens is 375 g/mol. The zero-order valence-corrected chi connectivity index (χ0v) is 14.0. The van der Waals surface area contributed by atoms with Crippen LogP contribution < -0.4 is 0 Å². The molecule has 2 aliphatic rings. The van der Waals surface area contributed by atoms with Crippen LogP contribution in [0.15, 0.2) is 19.6 Å². The van der Waals surface area contributed by atoms with Gasteiger partial charge in [0.25, 0.3) is 0 Å². The van der Waals surface area contributed by atoms with Crippen molar-refractivity contribution in [2.24, 2.45) is 0 Å². The highest BCUT2D eigenvalue weighted by Gasteiger charge is 2.60. The summed E-state index contributed by atoms with van der Waals surface area (Å²) < 4.78 is -2.50. The van der Waals surface area contributed by atoms with Crippen molar-refractivity contribution >= 4 is 70.2 Å². The number of nitrogens with zero attached hydrogens (tertiary/aromatic N) is 4. The predicted molar refractivity (Wildman–Crippen MR) is 84.0 cm³/mol. The highest BCUT2D eigenvalue weighted by molar-refractivity contribution is 8.33. The van der Waals surface area contributed by atoms with Crippen LogP contribution in [0.2, 0.25) is 0 Å². The van der Waals surface area contributed by atoms with Crippen molar-refractivity contribution in [2.75, 3.05) is 0 Å². The lowest BCUT2D eigenvalue weighted by Crippen LogP contribution is -2.31. The molecule has 0 radical (unpaired) electrons. The quantitative estimate of drug-likeness (QED) is 0.628. The van der Waals surface area contributed by atoms with Crippen molar-refractivity contribution in [1.29, 1.82) is 21.0 Å². The zero-order chi connectivity index (χ0) is 15.0. The van der Waals surface area contributed by atoms with Gasteiger partial charge in [-0.05, 0) is 0 Å². The second-order valence-electron chi connectivity index (χ2n) is 3.24. The highest BCUT2D eigenvalue weighted by Crippen LogP contribution is 2.73. The molecule has 0 amide bonds. The fraction of sp³-hybridized carbons (Fsp3) is 0.200. The van der Waals surface area contributed by atoms with Gasteiger partial charge >= 0.3 is 0 Å². The number of hydrogen-bond acceptors (Lipinski definition) is 8. The third kappa shape index (κ3) is 2.38. The molecule has 0 aromatic heterocycles. The second-order valence-corrected chi connectivity index (χ2v) is 10.7. The fourth-order valence-electron chi connectivity index (χ4n) is 1.29. The van der Waals surface area contributed by atoms with Crippen LogP contribution in [0.5, 0.6) is 0 Å². The minimum absolute atomic E-state index is 0.192. The Bertz CT molecular complexity index is 602. The van der Waals surface area contributed by atoms with Crippen LogP contribution in [0.4, 0.5) is 0 Å². The molecule has 0 saturated carbocycles. The van der Waals surface area contributed by atoms with E-state index in [1.54, 1.807) is 0 Å². The van der Waals surface area contributed by atoms with Gasteiger partial charge in [0.15, 0.2) is 7.08 Å². The van der Waals surface area contributed by atoms with E-state index in [0.717, 1.165) is 47.0 Å². The van der Waals surface area contributed by atoms with Gasteiger partial charge < -0.3 is 0 Å². The third-order valence-electron chi connectivity index (χ3n) is 2.11. The van der Waals surface area contributed by atoms with E-state index in [0.29, 0.717) is 0 Å². The summed E-state index contributed by atoms with van der Waals surface area (Å²) in [7, 11) is 0. The molecule has 0 fully saturated rings. The van der Waals surface area contributed by atoms with Gasteiger partial charge in [-0.25, -0.2) is 0 Å². The van der Waals surface area contributed by atoms with E-state index >= 15 is 0 Å². The van der Waals surface area contributed by atoms with Gasteiger partial charge in [0, 0.05) is 0 Å². The van der Waals surface area contributed by atoms with Crippen LogP contribution in [-0.4, -0.2) is 7.08 Å². The van der Waals surface area contributed by atoms with E-state index in [2.05, 4.69) is 0 Å². The summed E-state index contributed by atoms with van der Waals surface area (Å²) in [6.45, 7) is 0. The highest BCUT2D eigenvalue weighted by atomic mass is 35.5. The largest absolute Gasteiger partial charge is 0.192 e. The maximum Gasteiger partial charge on any atom is 0.184 e. The smallest absolute Gasteiger partial charge is 0.184 e. The van der Waals surface area contributed by atoms with E-state index < -0.39 is 7.08 Å². The number of nitriles is 4. The molecule has 0 atom stereocenters. The summed E-state index contributed by atoms with van der Waals surface area (Å²) in [5, 5.41) is 36.0.